The number of hydrogen-bond donors (Lipinski definition) is 2. The first kappa shape index (κ1) is 24.0. The van der Waals surface area contributed by atoms with Gasteiger partial charge in [0.2, 0.25) is 0 Å². The molecular formula is C25H28F5N5. The number of hydrogen-bond acceptors (Lipinski definition) is 4. The van der Waals surface area contributed by atoms with Crippen LogP contribution in [0, 0.1) is 11.6 Å². The van der Waals surface area contributed by atoms with Crippen LogP contribution in [-0.4, -0.2) is 71.4 Å². The molecule has 2 atom stereocenters. The molecule has 2 aliphatic heterocycles. The van der Waals surface area contributed by atoms with Crippen molar-refractivity contribution in [2.24, 2.45) is 0 Å². The van der Waals surface area contributed by atoms with Gasteiger partial charge in [0, 0.05) is 42.3 Å². The van der Waals surface area contributed by atoms with E-state index in [1.54, 1.807) is 25.3 Å². The van der Waals surface area contributed by atoms with Crippen LogP contribution >= 0.6 is 0 Å². The van der Waals surface area contributed by atoms with Gasteiger partial charge in [-0.25, -0.2) is 17.6 Å². The molecule has 10 heteroatoms. The predicted molar refractivity (Wildman–Crippen MR) is 125 cm³/mol. The smallest absolute Gasteiger partial charge is 0.251 e. The summed E-state index contributed by atoms with van der Waals surface area (Å²) in [5, 5.41) is 10.9. The molecule has 1 fully saturated rings. The van der Waals surface area contributed by atoms with Crippen LogP contribution in [0.15, 0.2) is 30.5 Å². The van der Waals surface area contributed by atoms with Crippen molar-refractivity contribution in [1.29, 1.82) is 0 Å². The van der Waals surface area contributed by atoms with Gasteiger partial charge in [-0.2, -0.15) is 5.10 Å². The summed E-state index contributed by atoms with van der Waals surface area (Å²) in [6.45, 7) is 2.82. The van der Waals surface area contributed by atoms with Crippen LogP contribution in [0.5, 0.6) is 0 Å². The van der Waals surface area contributed by atoms with Crippen molar-refractivity contribution in [3.05, 3.63) is 58.8 Å². The summed E-state index contributed by atoms with van der Waals surface area (Å²) in [6, 6.07) is 4.65. The average molecular weight is 494 g/mol. The molecule has 5 nitrogen and oxygen atoms in total. The van der Waals surface area contributed by atoms with Gasteiger partial charge < -0.3 is 5.32 Å². The quantitative estimate of drug-likeness (QED) is 0.439. The molecule has 5 rings (SSSR count). The Balaban J connectivity index is 1.48. The van der Waals surface area contributed by atoms with E-state index in [2.05, 4.69) is 20.4 Å². The Hall–Kier alpha value is -2.72. The van der Waals surface area contributed by atoms with Gasteiger partial charge in [-0.05, 0) is 49.1 Å². The van der Waals surface area contributed by atoms with Crippen LogP contribution in [0.4, 0.5) is 27.6 Å². The highest BCUT2D eigenvalue weighted by Crippen LogP contribution is 2.43. The van der Waals surface area contributed by atoms with Gasteiger partial charge in [0.25, 0.3) is 6.43 Å². The fourth-order valence-corrected chi connectivity index (χ4v) is 5.48. The van der Waals surface area contributed by atoms with Crippen LogP contribution < -0.4 is 5.32 Å². The van der Waals surface area contributed by atoms with E-state index < -0.39 is 30.6 Å². The zero-order chi connectivity index (χ0) is 24.7. The van der Waals surface area contributed by atoms with Gasteiger partial charge in [0.1, 0.15) is 11.6 Å². The second kappa shape index (κ2) is 9.73. The van der Waals surface area contributed by atoms with E-state index in [1.165, 1.54) is 17.0 Å². The summed E-state index contributed by atoms with van der Waals surface area (Å²) < 4.78 is 70.5. The SMILES string of the molecule is C[C@@H]1Cc2c(ccc3[nH]ncc23)C(c2c(F)cc(NC3CN(CCCF)C3)cc2F)N1CC(F)F. The lowest BCUT2D eigenvalue weighted by atomic mass is 9.83. The molecule has 1 unspecified atom stereocenters. The fraction of sp³-hybridized carbons (Fsp3) is 0.480. The molecule has 0 spiro atoms. The molecule has 2 aromatic carbocycles. The zero-order valence-electron chi connectivity index (χ0n) is 19.4. The number of benzene rings is 2. The van der Waals surface area contributed by atoms with Crippen LogP contribution in [0.1, 0.15) is 36.1 Å². The highest BCUT2D eigenvalue weighted by atomic mass is 19.3. The van der Waals surface area contributed by atoms with Gasteiger partial charge in [-0.3, -0.25) is 19.3 Å². The van der Waals surface area contributed by atoms with E-state index in [4.69, 9.17) is 0 Å². The van der Waals surface area contributed by atoms with Crippen molar-refractivity contribution < 1.29 is 22.0 Å². The van der Waals surface area contributed by atoms with Crippen molar-refractivity contribution in [1.82, 2.24) is 20.0 Å². The molecule has 2 aliphatic rings. The molecule has 3 heterocycles. The van der Waals surface area contributed by atoms with Gasteiger partial charge in [0.05, 0.1) is 37.0 Å². The number of nitrogens with one attached hydrogen (secondary N) is 2. The zero-order valence-corrected chi connectivity index (χ0v) is 19.4. The topological polar surface area (TPSA) is 47.2 Å². The largest absolute Gasteiger partial charge is 0.380 e. The molecular weight excluding hydrogens is 465 g/mol. The molecule has 188 valence electrons. The van der Waals surface area contributed by atoms with Crippen molar-refractivity contribution in [3.63, 3.8) is 0 Å². The first-order valence-corrected chi connectivity index (χ1v) is 11.9. The predicted octanol–water partition coefficient (Wildman–Crippen LogP) is 4.90. The molecule has 1 aromatic heterocycles. The van der Waals surface area contributed by atoms with Crippen LogP contribution in [0.2, 0.25) is 0 Å². The summed E-state index contributed by atoms with van der Waals surface area (Å²) in [4.78, 5) is 3.56. The van der Waals surface area contributed by atoms with Gasteiger partial charge in [-0.1, -0.05) is 6.07 Å². The maximum absolute atomic E-state index is 15.5. The minimum absolute atomic E-state index is 0.0133. The second-order valence-electron chi connectivity index (χ2n) is 9.51. The molecule has 0 saturated carbocycles. The first-order chi connectivity index (χ1) is 16.9. The number of halogens is 5. The fourth-order valence-electron chi connectivity index (χ4n) is 5.48. The number of likely N-dealkylation sites (tertiary alicyclic amines) is 1. The number of nitrogens with zero attached hydrogens (tertiary/aromatic N) is 3. The van der Waals surface area contributed by atoms with Gasteiger partial charge >= 0.3 is 0 Å². The third kappa shape index (κ3) is 4.61. The monoisotopic (exact) mass is 493 g/mol. The minimum atomic E-state index is -2.65. The number of fused-ring (bicyclic) bond motifs is 3. The summed E-state index contributed by atoms with van der Waals surface area (Å²) >= 11 is 0. The van der Waals surface area contributed by atoms with Gasteiger partial charge in [0.15, 0.2) is 0 Å². The number of alkyl halides is 3. The molecule has 0 radical (unpaired) electrons. The maximum atomic E-state index is 15.5. The summed E-state index contributed by atoms with van der Waals surface area (Å²) in [5.74, 6) is -1.56. The Morgan fingerprint density at radius 1 is 1.17 bits per heavy atom. The normalized spacial score (nSPS) is 21.5. The minimum Gasteiger partial charge on any atom is -0.380 e. The Bertz CT molecular complexity index is 1170. The molecule has 2 N–H and O–H groups in total. The first-order valence-electron chi connectivity index (χ1n) is 11.9. The van der Waals surface area contributed by atoms with E-state index in [0.717, 1.165) is 16.5 Å². The molecule has 3 aromatic rings. The summed E-state index contributed by atoms with van der Waals surface area (Å²) in [5.41, 5.74) is 2.33. The third-order valence-corrected chi connectivity index (χ3v) is 7.10. The number of anilines is 1. The van der Waals surface area contributed by atoms with E-state index >= 15 is 8.78 Å². The van der Waals surface area contributed by atoms with Crippen molar-refractivity contribution in [2.75, 3.05) is 38.2 Å². The van der Waals surface area contributed by atoms with E-state index in [9.17, 15) is 13.2 Å². The van der Waals surface area contributed by atoms with Crippen molar-refractivity contribution in [2.45, 2.75) is 44.3 Å². The third-order valence-electron chi connectivity index (χ3n) is 7.10. The van der Waals surface area contributed by atoms with Crippen LogP contribution in [-0.2, 0) is 6.42 Å². The Morgan fingerprint density at radius 3 is 2.60 bits per heavy atom. The summed E-state index contributed by atoms with van der Waals surface area (Å²) in [6.07, 6.45) is -0.0497. The number of rotatable bonds is 8. The standard InChI is InChI=1S/C25H28F5N5/c1-14-7-18-17(3-4-22-19(18)10-31-33-22)25(35(14)13-23(29)30)24-20(27)8-15(9-21(24)28)32-16-11-34(12-16)6-2-5-26/h3-4,8-10,14,16,23,25,32H,2,5-7,11-13H2,1H3,(H,31,33)/t14-,25?/m1/s1. The van der Waals surface area contributed by atoms with Crippen molar-refractivity contribution >= 4 is 16.6 Å². The lowest BCUT2D eigenvalue weighted by Gasteiger charge is -2.42. The average Bonchev–Trinajstić information content (AvgIpc) is 3.26. The second-order valence-corrected chi connectivity index (χ2v) is 9.51. The van der Waals surface area contributed by atoms with Crippen LogP contribution in [0.25, 0.3) is 10.9 Å². The molecule has 1 saturated heterocycles. The van der Waals surface area contributed by atoms with E-state index in [-0.39, 0.29) is 24.3 Å². The maximum Gasteiger partial charge on any atom is 0.251 e. The Morgan fingerprint density at radius 2 is 1.91 bits per heavy atom. The Labute approximate surface area is 200 Å². The number of aromatic amines is 1. The molecule has 0 bridgehead atoms. The summed E-state index contributed by atoms with van der Waals surface area (Å²) in [7, 11) is 0. The molecule has 0 aliphatic carbocycles. The number of H-pyrrole nitrogens is 1. The van der Waals surface area contributed by atoms with E-state index in [1.807, 2.05) is 0 Å². The van der Waals surface area contributed by atoms with Crippen LogP contribution in [0.3, 0.4) is 0 Å². The lowest BCUT2D eigenvalue weighted by Crippen LogP contribution is -2.54. The molecule has 0 amide bonds. The van der Waals surface area contributed by atoms with E-state index in [0.29, 0.717) is 43.7 Å². The highest BCUT2D eigenvalue weighted by Gasteiger charge is 2.39. The molecule has 35 heavy (non-hydrogen) atoms. The number of aromatic nitrogens is 2. The van der Waals surface area contributed by atoms with Gasteiger partial charge in [-0.15, -0.1) is 0 Å². The lowest BCUT2D eigenvalue weighted by molar-refractivity contribution is 0.0447. The Kier molecular flexibility index (Phi) is 6.67. The highest BCUT2D eigenvalue weighted by molar-refractivity contribution is 5.83. The van der Waals surface area contributed by atoms with Crippen molar-refractivity contribution in [3.8, 4) is 0 Å².